The van der Waals surface area contributed by atoms with Gasteiger partial charge in [0.1, 0.15) is 0 Å². The molecule has 1 aromatic carbocycles. The Morgan fingerprint density at radius 1 is 1.25 bits per heavy atom. The first kappa shape index (κ1) is 13.7. The van der Waals surface area contributed by atoms with Crippen molar-refractivity contribution in [3.63, 3.8) is 0 Å². The van der Waals surface area contributed by atoms with Crippen LogP contribution in [0.2, 0.25) is 5.02 Å². The topological polar surface area (TPSA) is 29.1 Å². The molecule has 0 saturated heterocycles. The molecule has 0 aromatic heterocycles. The van der Waals surface area contributed by atoms with Gasteiger partial charge in [0.2, 0.25) is 0 Å². The predicted molar refractivity (Wildman–Crippen MR) is 70.9 cm³/mol. The van der Waals surface area contributed by atoms with Gasteiger partial charge in [-0.1, -0.05) is 23.7 Å². The summed E-state index contributed by atoms with van der Waals surface area (Å²) >= 11 is 5.81. The molecule has 1 aromatic rings. The molecule has 90 valence electrons. The highest BCUT2D eigenvalue weighted by Gasteiger charge is 2.21. The molecule has 2 atom stereocenters. The van der Waals surface area contributed by atoms with Crippen molar-refractivity contribution in [3.8, 4) is 0 Å². The number of halogens is 1. The van der Waals surface area contributed by atoms with Crippen LogP contribution < -0.4 is 4.72 Å². The molecule has 0 fully saturated rings. The molecule has 4 heteroatoms. The molecule has 1 unspecified atom stereocenters. The molecule has 0 aliphatic carbocycles. The number of rotatable bonds is 3. The zero-order valence-corrected chi connectivity index (χ0v) is 11.7. The lowest BCUT2D eigenvalue weighted by molar-refractivity contribution is 0.616. The van der Waals surface area contributed by atoms with Gasteiger partial charge in [0.15, 0.2) is 0 Å². The summed E-state index contributed by atoms with van der Waals surface area (Å²) in [6.07, 6.45) is 0. The zero-order valence-electron chi connectivity index (χ0n) is 10.1. The molecule has 0 spiro atoms. The third-order valence-electron chi connectivity index (χ3n) is 2.21. The van der Waals surface area contributed by atoms with Crippen LogP contribution in [0.4, 0.5) is 0 Å². The van der Waals surface area contributed by atoms with Crippen molar-refractivity contribution in [2.75, 3.05) is 0 Å². The highest BCUT2D eigenvalue weighted by Crippen LogP contribution is 2.18. The van der Waals surface area contributed by atoms with E-state index in [0.717, 1.165) is 5.56 Å². The molecule has 0 aliphatic rings. The molecule has 0 bridgehead atoms. The van der Waals surface area contributed by atoms with Crippen LogP contribution in [-0.4, -0.2) is 8.96 Å². The fourth-order valence-corrected chi connectivity index (χ4v) is 2.09. The average molecular weight is 260 g/mol. The number of benzene rings is 1. The predicted octanol–water partition coefficient (Wildman–Crippen LogP) is 3.45. The van der Waals surface area contributed by atoms with Gasteiger partial charge in [0.25, 0.3) is 0 Å². The monoisotopic (exact) mass is 259 g/mol. The summed E-state index contributed by atoms with van der Waals surface area (Å²) in [4.78, 5) is 0. The van der Waals surface area contributed by atoms with Crippen molar-refractivity contribution < 1.29 is 4.21 Å². The summed E-state index contributed by atoms with van der Waals surface area (Å²) in [7, 11) is -1.06. The van der Waals surface area contributed by atoms with Gasteiger partial charge in [-0.05, 0) is 45.4 Å². The molecule has 1 rings (SSSR count). The largest absolute Gasteiger partial charge is 0.242 e. The van der Waals surface area contributed by atoms with Crippen molar-refractivity contribution in [2.24, 2.45) is 0 Å². The molecule has 0 aliphatic heterocycles. The Hall–Kier alpha value is -0.380. The van der Waals surface area contributed by atoms with Crippen LogP contribution in [0.15, 0.2) is 24.3 Å². The molecule has 1 N–H and O–H groups in total. The van der Waals surface area contributed by atoms with Gasteiger partial charge >= 0.3 is 0 Å². The number of hydrogen-bond donors (Lipinski definition) is 1. The Bertz CT molecular complexity index is 370. The molecule has 0 radical (unpaired) electrons. The quantitative estimate of drug-likeness (QED) is 0.885. The lowest BCUT2D eigenvalue weighted by Crippen LogP contribution is -2.34. The summed E-state index contributed by atoms with van der Waals surface area (Å²) in [5.74, 6) is 0. The van der Waals surface area contributed by atoms with Crippen molar-refractivity contribution >= 4 is 22.6 Å². The maximum atomic E-state index is 11.9. The van der Waals surface area contributed by atoms with E-state index in [0.29, 0.717) is 5.02 Å². The van der Waals surface area contributed by atoms with Gasteiger partial charge in [-0.3, -0.25) is 0 Å². The van der Waals surface area contributed by atoms with E-state index in [-0.39, 0.29) is 10.8 Å². The molecular weight excluding hydrogens is 242 g/mol. The molecule has 2 nitrogen and oxygen atoms in total. The minimum absolute atomic E-state index is 0.0531. The highest BCUT2D eigenvalue weighted by atomic mass is 35.5. The lowest BCUT2D eigenvalue weighted by Gasteiger charge is -2.22. The molecule has 0 saturated carbocycles. The van der Waals surface area contributed by atoms with Crippen LogP contribution in [-0.2, 0) is 11.0 Å². The fourth-order valence-electron chi connectivity index (χ4n) is 1.16. The first-order valence-electron chi connectivity index (χ1n) is 5.24. The van der Waals surface area contributed by atoms with Crippen LogP contribution in [0.25, 0.3) is 0 Å². The van der Waals surface area contributed by atoms with Crippen molar-refractivity contribution in [3.05, 3.63) is 34.9 Å². The van der Waals surface area contributed by atoms with Gasteiger partial charge < -0.3 is 0 Å². The summed E-state index contributed by atoms with van der Waals surface area (Å²) < 4.78 is 14.7. The third-order valence-corrected chi connectivity index (χ3v) is 4.14. The molecule has 0 heterocycles. The van der Waals surface area contributed by atoms with E-state index in [9.17, 15) is 4.21 Å². The van der Waals surface area contributed by atoms with Crippen LogP contribution in [0.3, 0.4) is 0 Å². The number of nitrogens with one attached hydrogen (secondary N) is 1. The van der Waals surface area contributed by atoms with E-state index in [4.69, 9.17) is 11.6 Å². The minimum atomic E-state index is -1.06. The second kappa shape index (κ2) is 5.30. The first-order chi connectivity index (χ1) is 7.30. The Morgan fingerprint density at radius 3 is 2.19 bits per heavy atom. The van der Waals surface area contributed by atoms with E-state index >= 15 is 0 Å². The summed E-state index contributed by atoms with van der Waals surface area (Å²) in [6.45, 7) is 7.84. The zero-order chi connectivity index (χ0) is 12.3. The summed E-state index contributed by atoms with van der Waals surface area (Å²) in [5.41, 5.74) is 1.09. The van der Waals surface area contributed by atoms with Crippen molar-refractivity contribution in [1.29, 1.82) is 0 Å². The fraction of sp³-hybridized carbons (Fsp3) is 0.500. The van der Waals surface area contributed by atoms with Gasteiger partial charge in [0.05, 0.1) is 15.7 Å². The standard InChI is InChI=1S/C12H18ClNOS/c1-9(14-16(15)12(2,3)4)10-5-7-11(13)8-6-10/h5-9,14H,1-4H3/t9-,16?/m1/s1. The molecule has 0 amide bonds. The van der Waals surface area contributed by atoms with E-state index in [1.165, 1.54) is 0 Å². The SMILES string of the molecule is C[C@@H](NS(=O)C(C)(C)C)c1ccc(Cl)cc1. The molecular formula is C12H18ClNOS. The maximum Gasteiger partial charge on any atom is 0.0975 e. The van der Waals surface area contributed by atoms with Crippen molar-refractivity contribution in [1.82, 2.24) is 4.72 Å². The number of hydrogen-bond acceptors (Lipinski definition) is 1. The third kappa shape index (κ3) is 3.89. The Balaban J connectivity index is 2.69. The van der Waals surface area contributed by atoms with Gasteiger partial charge in [-0.2, -0.15) is 0 Å². The van der Waals surface area contributed by atoms with E-state index in [2.05, 4.69) is 4.72 Å². The van der Waals surface area contributed by atoms with Crippen LogP contribution in [0, 0.1) is 0 Å². The van der Waals surface area contributed by atoms with Crippen molar-refractivity contribution in [2.45, 2.75) is 38.5 Å². The van der Waals surface area contributed by atoms with Gasteiger partial charge in [-0.25, -0.2) is 8.93 Å². The summed E-state index contributed by atoms with van der Waals surface area (Å²) in [5, 5.41) is 0.716. The minimum Gasteiger partial charge on any atom is -0.242 e. The lowest BCUT2D eigenvalue weighted by atomic mass is 10.1. The average Bonchev–Trinajstić information content (AvgIpc) is 2.17. The van der Waals surface area contributed by atoms with Crippen LogP contribution >= 0.6 is 11.6 Å². The van der Waals surface area contributed by atoms with Crippen LogP contribution in [0.5, 0.6) is 0 Å². The molecule has 16 heavy (non-hydrogen) atoms. The van der Waals surface area contributed by atoms with E-state index < -0.39 is 11.0 Å². The maximum absolute atomic E-state index is 11.9. The first-order valence-corrected chi connectivity index (χ1v) is 6.77. The Kier molecular flexibility index (Phi) is 4.53. The van der Waals surface area contributed by atoms with E-state index in [1.54, 1.807) is 0 Å². The van der Waals surface area contributed by atoms with Gasteiger partial charge in [0, 0.05) is 11.1 Å². The second-order valence-corrected chi connectivity index (χ2v) is 7.21. The summed E-state index contributed by atoms with van der Waals surface area (Å²) in [6, 6.07) is 7.63. The van der Waals surface area contributed by atoms with Gasteiger partial charge in [-0.15, -0.1) is 0 Å². The van der Waals surface area contributed by atoms with E-state index in [1.807, 2.05) is 52.0 Å². The van der Waals surface area contributed by atoms with Crippen LogP contribution in [0.1, 0.15) is 39.3 Å². The highest BCUT2D eigenvalue weighted by molar-refractivity contribution is 7.84. The Morgan fingerprint density at radius 2 is 1.75 bits per heavy atom. The normalized spacial score (nSPS) is 15.8. The smallest absolute Gasteiger partial charge is 0.0975 e. The Labute approximate surface area is 105 Å². The second-order valence-electron chi connectivity index (χ2n) is 4.77.